The predicted octanol–water partition coefficient (Wildman–Crippen LogP) is 1.35. The number of hydrogen-bond acceptors (Lipinski definition) is 3. The standard InChI is InChI=1S/C9H21N3/c1-4-7-10-8-11-12-9(5-2)6-3/h5,10-12H,4,6-8H2,1-3H3/b9-5+. The van der Waals surface area contributed by atoms with E-state index in [4.69, 9.17) is 0 Å². The Balaban J connectivity index is 3.18. The predicted molar refractivity (Wildman–Crippen MR) is 53.5 cm³/mol. The summed E-state index contributed by atoms with van der Waals surface area (Å²) in [6.07, 6.45) is 4.29. The molecule has 3 heteroatoms. The fraction of sp³-hybridized carbons (Fsp3) is 0.778. The summed E-state index contributed by atoms with van der Waals surface area (Å²) in [4.78, 5) is 0. The molecule has 0 atom stereocenters. The molecule has 12 heavy (non-hydrogen) atoms. The van der Waals surface area contributed by atoms with Crippen molar-refractivity contribution in [1.82, 2.24) is 16.2 Å². The van der Waals surface area contributed by atoms with Crippen molar-refractivity contribution in [3.8, 4) is 0 Å². The van der Waals surface area contributed by atoms with Crippen molar-refractivity contribution in [3.05, 3.63) is 11.8 Å². The van der Waals surface area contributed by atoms with E-state index < -0.39 is 0 Å². The van der Waals surface area contributed by atoms with Crippen molar-refractivity contribution in [3.63, 3.8) is 0 Å². The molecule has 0 bridgehead atoms. The van der Waals surface area contributed by atoms with Crippen LogP contribution in [0, 0.1) is 0 Å². The van der Waals surface area contributed by atoms with Crippen LogP contribution in [-0.4, -0.2) is 13.2 Å². The molecule has 3 nitrogen and oxygen atoms in total. The second-order valence-corrected chi connectivity index (χ2v) is 2.65. The van der Waals surface area contributed by atoms with E-state index in [2.05, 4.69) is 36.1 Å². The lowest BCUT2D eigenvalue weighted by Gasteiger charge is -2.10. The van der Waals surface area contributed by atoms with Gasteiger partial charge in [0.2, 0.25) is 0 Å². The van der Waals surface area contributed by atoms with Crippen LogP contribution in [0.2, 0.25) is 0 Å². The summed E-state index contributed by atoms with van der Waals surface area (Å²) in [6.45, 7) is 8.19. The molecule has 72 valence electrons. The van der Waals surface area contributed by atoms with Gasteiger partial charge in [-0.25, -0.2) is 5.43 Å². The molecular formula is C9H21N3. The summed E-state index contributed by atoms with van der Waals surface area (Å²) in [7, 11) is 0. The van der Waals surface area contributed by atoms with E-state index in [9.17, 15) is 0 Å². The van der Waals surface area contributed by atoms with E-state index in [1.54, 1.807) is 0 Å². The lowest BCUT2D eigenvalue weighted by molar-refractivity contribution is 0.521. The van der Waals surface area contributed by atoms with Gasteiger partial charge in [0.1, 0.15) is 0 Å². The molecule has 0 aromatic carbocycles. The zero-order chi connectivity index (χ0) is 9.23. The van der Waals surface area contributed by atoms with Gasteiger partial charge in [0.25, 0.3) is 0 Å². The van der Waals surface area contributed by atoms with Gasteiger partial charge in [0.15, 0.2) is 0 Å². The Bertz CT molecular complexity index is 121. The van der Waals surface area contributed by atoms with E-state index in [-0.39, 0.29) is 0 Å². The molecule has 0 aromatic rings. The van der Waals surface area contributed by atoms with Crippen LogP contribution >= 0.6 is 0 Å². The number of hydrazine groups is 1. The Morgan fingerprint density at radius 1 is 1.33 bits per heavy atom. The average molecular weight is 171 g/mol. The zero-order valence-corrected chi connectivity index (χ0v) is 8.41. The summed E-state index contributed by atoms with van der Waals surface area (Å²) >= 11 is 0. The summed E-state index contributed by atoms with van der Waals surface area (Å²) in [5.41, 5.74) is 7.45. The van der Waals surface area contributed by atoms with Crippen LogP contribution in [-0.2, 0) is 0 Å². The highest BCUT2D eigenvalue weighted by Crippen LogP contribution is 1.90. The zero-order valence-electron chi connectivity index (χ0n) is 8.41. The third kappa shape index (κ3) is 6.19. The summed E-state index contributed by atoms with van der Waals surface area (Å²) < 4.78 is 0. The molecule has 0 amide bonds. The van der Waals surface area contributed by atoms with Gasteiger partial charge >= 0.3 is 0 Å². The van der Waals surface area contributed by atoms with Crippen LogP contribution in [0.5, 0.6) is 0 Å². The third-order valence-corrected chi connectivity index (χ3v) is 1.62. The van der Waals surface area contributed by atoms with Crippen molar-refractivity contribution >= 4 is 0 Å². The van der Waals surface area contributed by atoms with E-state index in [0.29, 0.717) is 0 Å². The minimum Gasteiger partial charge on any atom is -0.325 e. The first kappa shape index (κ1) is 11.5. The first-order valence-electron chi connectivity index (χ1n) is 4.69. The van der Waals surface area contributed by atoms with Gasteiger partial charge in [-0.1, -0.05) is 19.9 Å². The van der Waals surface area contributed by atoms with Gasteiger partial charge in [-0.3, -0.25) is 0 Å². The molecule has 0 saturated carbocycles. The van der Waals surface area contributed by atoms with Crippen LogP contribution in [0.25, 0.3) is 0 Å². The molecule has 0 aromatic heterocycles. The largest absolute Gasteiger partial charge is 0.325 e. The second-order valence-electron chi connectivity index (χ2n) is 2.65. The Morgan fingerprint density at radius 2 is 2.08 bits per heavy atom. The minimum absolute atomic E-state index is 0.811. The minimum atomic E-state index is 0.811. The van der Waals surface area contributed by atoms with E-state index >= 15 is 0 Å². The normalized spacial score (nSPS) is 11.8. The molecule has 0 aliphatic heterocycles. The summed E-state index contributed by atoms with van der Waals surface area (Å²) in [6, 6.07) is 0. The maximum atomic E-state index is 3.24. The van der Waals surface area contributed by atoms with E-state index in [1.807, 2.05) is 6.92 Å². The Labute approximate surface area is 75.6 Å². The highest BCUT2D eigenvalue weighted by atomic mass is 15.4. The average Bonchev–Trinajstić information content (AvgIpc) is 2.11. The van der Waals surface area contributed by atoms with Gasteiger partial charge in [-0.2, -0.15) is 0 Å². The van der Waals surface area contributed by atoms with Gasteiger partial charge in [-0.15, -0.1) is 0 Å². The molecule has 0 radical (unpaired) electrons. The van der Waals surface area contributed by atoms with Crippen molar-refractivity contribution in [2.45, 2.75) is 33.6 Å². The first-order chi connectivity index (χ1) is 5.85. The summed E-state index contributed by atoms with van der Waals surface area (Å²) in [5.74, 6) is 0. The number of nitrogens with one attached hydrogen (secondary N) is 3. The molecule has 3 N–H and O–H groups in total. The van der Waals surface area contributed by atoms with Crippen molar-refractivity contribution in [1.29, 1.82) is 0 Å². The van der Waals surface area contributed by atoms with Crippen LogP contribution in [0.4, 0.5) is 0 Å². The van der Waals surface area contributed by atoms with Crippen LogP contribution in [0.1, 0.15) is 33.6 Å². The molecule has 0 fully saturated rings. The molecule has 0 heterocycles. The molecule has 0 rings (SSSR count). The number of rotatable bonds is 7. The van der Waals surface area contributed by atoms with E-state index in [1.165, 1.54) is 12.1 Å². The first-order valence-corrected chi connectivity index (χ1v) is 4.69. The Hall–Kier alpha value is -0.540. The highest BCUT2D eigenvalue weighted by Gasteiger charge is 1.88. The maximum Gasteiger partial charge on any atom is 0.0638 e. The highest BCUT2D eigenvalue weighted by molar-refractivity contribution is 4.94. The smallest absolute Gasteiger partial charge is 0.0638 e. The molecule has 0 aliphatic carbocycles. The topological polar surface area (TPSA) is 36.1 Å². The maximum absolute atomic E-state index is 3.24. The molecule has 0 saturated heterocycles. The number of hydrogen-bond donors (Lipinski definition) is 3. The van der Waals surface area contributed by atoms with Gasteiger partial charge < -0.3 is 10.7 Å². The lowest BCUT2D eigenvalue weighted by Crippen LogP contribution is -2.38. The van der Waals surface area contributed by atoms with Gasteiger partial charge in [0.05, 0.1) is 6.67 Å². The fourth-order valence-electron chi connectivity index (χ4n) is 0.850. The van der Waals surface area contributed by atoms with Crippen LogP contribution < -0.4 is 16.2 Å². The Morgan fingerprint density at radius 3 is 2.58 bits per heavy atom. The fourth-order valence-corrected chi connectivity index (χ4v) is 0.850. The van der Waals surface area contributed by atoms with Crippen molar-refractivity contribution in [2.75, 3.05) is 13.2 Å². The molecule has 0 unspecified atom stereocenters. The van der Waals surface area contributed by atoms with Gasteiger partial charge in [0, 0.05) is 5.70 Å². The number of allylic oxidation sites excluding steroid dienone is 2. The summed E-state index contributed by atoms with van der Waals surface area (Å²) in [5, 5.41) is 3.24. The van der Waals surface area contributed by atoms with Crippen LogP contribution in [0.15, 0.2) is 11.8 Å². The van der Waals surface area contributed by atoms with Crippen molar-refractivity contribution in [2.24, 2.45) is 0 Å². The molecule has 0 spiro atoms. The monoisotopic (exact) mass is 171 g/mol. The van der Waals surface area contributed by atoms with Gasteiger partial charge in [-0.05, 0) is 26.3 Å². The molecule has 0 aliphatic rings. The lowest BCUT2D eigenvalue weighted by atomic mass is 10.3. The third-order valence-electron chi connectivity index (χ3n) is 1.62. The van der Waals surface area contributed by atoms with Crippen LogP contribution in [0.3, 0.4) is 0 Å². The molecular weight excluding hydrogens is 150 g/mol. The van der Waals surface area contributed by atoms with Crippen molar-refractivity contribution < 1.29 is 0 Å². The quantitative estimate of drug-likeness (QED) is 0.307. The SMILES string of the molecule is C/C=C(\CC)NNCNCCC. The Kier molecular flexibility index (Phi) is 8.17. The second kappa shape index (κ2) is 8.56. The van der Waals surface area contributed by atoms with E-state index in [0.717, 1.165) is 19.6 Å².